The Bertz CT molecular complexity index is 1370. The monoisotopic (exact) mass is 610 g/mol. The van der Waals surface area contributed by atoms with Gasteiger partial charge in [0.25, 0.3) is 5.91 Å². The molecule has 0 radical (unpaired) electrons. The molecule has 1 amide bonds. The summed E-state index contributed by atoms with van der Waals surface area (Å²) in [5.74, 6) is 5.93. The van der Waals surface area contributed by atoms with Gasteiger partial charge in [-0.1, -0.05) is 18.7 Å². The van der Waals surface area contributed by atoms with Crippen LogP contribution in [0.5, 0.6) is 0 Å². The summed E-state index contributed by atoms with van der Waals surface area (Å²) in [5.41, 5.74) is 11.0. The molecule has 5 N–H and O–H groups in total. The summed E-state index contributed by atoms with van der Waals surface area (Å²) in [6.07, 6.45) is 6.50. The molecule has 0 bridgehead atoms. The van der Waals surface area contributed by atoms with Gasteiger partial charge in [0.15, 0.2) is 0 Å². The summed E-state index contributed by atoms with van der Waals surface area (Å²) in [6, 6.07) is 6.99. The van der Waals surface area contributed by atoms with Crippen LogP contribution in [0, 0.1) is 6.92 Å². The number of nitrogens with two attached hydrogens (primary N) is 2. The molecule has 12 heteroatoms. The van der Waals surface area contributed by atoms with Crippen molar-refractivity contribution in [3.05, 3.63) is 95.8 Å². The fourth-order valence-electron chi connectivity index (χ4n) is 4.43. The third kappa shape index (κ3) is 10.2. The van der Waals surface area contributed by atoms with Gasteiger partial charge in [-0.2, -0.15) is 0 Å². The van der Waals surface area contributed by atoms with E-state index in [1.165, 1.54) is 11.1 Å². The van der Waals surface area contributed by atoms with Crippen molar-refractivity contribution >= 4 is 23.0 Å². The highest BCUT2D eigenvalue weighted by molar-refractivity contribution is 5.96. The van der Waals surface area contributed by atoms with E-state index >= 15 is 0 Å². The lowest BCUT2D eigenvalue weighted by atomic mass is 10.1. The van der Waals surface area contributed by atoms with Gasteiger partial charge in [-0.25, -0.2) is 14.6 Å². The molecular formula is C32H44F2N8O2. The molecule has 238 valence electrons. The van der Waals surface area contributed by atoms with E-state index < -0.39 is 18.8 Å². The van der Waals surface area contributed by atoms with Crippen LogP contribution < -0.4 is 26.8 Å². The molecular weight excluding hydrogens is 566 g/mol. The molecule has 1 aromatic carbocycles. The van der Waals surface area contributed by atoms with Gasteiger partial charge < -0.3 is 30.5 Å². The summed E-state index contributed by atoms with van der Waals surface area (Å²) in [7, 11) is 5.80. The lowest BCUT2D eigenvalue weighted by Crippen LogP contribution is -2.36. The number of anilines is 2. The molecule has 1 aliphatic rings. The average molecular weight is 611 g/mol. The van der Waals surface area contributed by atoms with Crippen molar-refractivity contribution in [1.82, 2.24) is 20.1 Å². The molecule has 0 aliphatic carbocycles. The van der Waals surface area contributed by atoms with Gasteiger partial charge in [0.1, 0.15) is 0 Å². The minimum Gasteiger partial charge on any atom is -0.397 e. The smallest absolute Gasteiger partial charge is 0.255 e. The molecule has 1 aromatic heterocycles. The molecule has 1 fully saturated rings. The van der Waals surface area contributed by atoms with Crippen LogP contribution >= 0.6 is 0 Å². The molecule has 3 rings (SSSR count). The Hall–Kier alpha value is -4.26. The number of hydrazine groups is 1. The van der Waals surface area contributed by atoms with Crippen molar-refractivity contribution in [1.29, 1.82) is 0 Å². The molecule has 1 saturated heterocycles. The fraction of sp³-hybridized carbons (Fsp3) is 0.375. The number of amides is 1. The van der Waals surface area contributed by atoms with E-state index in [2.05, 4.69) is 21.8 Å². The van der Waals surface area contributed by atoms with Crippen LogP contribution in [0.15, 0.2) is 79.1 Å². The molecule has 44 heavy (non-hydrogen) atoms. The zero-order chi connectivity index (χ0) is 32.2. The lowest BCUT2D eigenvalue weighted by molar-refractivity contribution is 0.0966. The SMILES string of the molecule is C=C/C(=C\C(=C/CC(F)F)NC(=O)c1ccc(C)c(N(N)/C=C(\N)c2cncc(N3CCOCC3)c2)c1)N(C)CCN(C)C. The van der Waals surface area contributed by atoms with Gasteiger partial charge >= 0.3 is 0 Å². The number of carbonyl (C=O) groups excluding carboxylic acids is 1. The molecule has 0 unspecified atom stereocenters. The van der Waals surface area contributed by atoms with Gasteiger partial charge in [-0.15, -0.1) is 0 Å². The van der Waals surface area contributed by atoms with Crippen molar-refractivity contribution in [3.8, 4) is 0 Å². The van der Waals surface area contributed by atoms with Crippen LogP contribution in [0.2, 0.25) is 0 Å². The number of carbonyl (C=O) groups is 1. The fourth-order valence-corrected chi connectivity index (χ4v) is 4.43. The normalized spacial score (nSPS) is 14.7. The number of likely N-dealkylation sites (N-methyl/N-ethyl adjacent to an activating group) is 2. The number of morpholine rings is 1. The second-order valence-corrected chi connectivity index (χ2v) is 10.8. The summed E-state index contributed by atoms with van der Waals surface area (Å²) in [6.45, 7) is 10.0. The number of aromatic nitrogens is 1. The number of alkyl halides is 2. The standard InChI is InChI=1S/C32H44F2N8O2/c1-6-27(40(5)12-11-39(3)4)19-26(9-10-31(33)34)38-32(43)24-8-7-23(2)30(18-24)42(36)22-29(35)25-17-28(21-37-20-25)41-13-15-44-16-14-41/h6-9,17-22,31H,1,10-16,35-36H2,2-5H3,(H,38,43)/b26-9+,27-19+,29-22-. The highest BCUT2D eigenvalue weighted by atomic mass is 19.3. The van der Waals surface area contributed by atoms with E-state index in [-0.39, 0.29) is 5.70 Å². The van der Waals surface area contributed by atoms with Gasteiger partial charge in [0.2, 0.25) is 6.43 Å². The lowest BCUT2D eigenvalue weighted by Gasteiger charge is -2.28. The maximum atomic E-state index is 13.3. The summed E-state index contributed by atoms with van der Waals surface area (Å²) < 4.78 is 31.7. The highest BCUT2D eigenvalue weighted by Gasteiger charge is 2.15. The number of hydrogen-bond acceptors (Lipinski definition) is 9. The number of halogens is 2. The van der Waals surface area contributed by atoms with E-state index in [1.54, 1.807) is 48.9 Å². The second kappa shape index (κ2) is 16.6. The van der Waals surface area contributed by atoms with Gasteiger partial charge in [0, 0.05) is 74.6 Å². The van der Waals surface area contributed by atoms with Crippen molar-refractivity contribution in [3.63, 3.8) is 0 Å². The first-order valence-corrected chi connectivity index (χ1v) is 14.4. The van der Waals surface area contributed by atoms with Crippen molar-refractivity contribution in [2.45, 2.75) is 19.8 Å². The summed E-state index contributed by atoms with van der Waals surface area (Å²) >= 11 is 0. The number of hydrogen-bond donors (Lipinski definition) is 3. The van der Waals surface area contributed by atoms with E-state index in [0.717, 1.165) is 30.9 Å². The molecule has 0 atom stereocenters. The minimum absolute atomic E-state index is 0.241. The number of ether oxygens (including phenoxy) is 1. The third-order valence-corrected chi connectivity index (χ3v) is 7.07. The topological polar surface area (TPSA) is 116 Å². The predicted octanol–water partition coefficient (Wildman–Crippen LogP) is 3.70. The van der Waals surface area contributed by atoms with Crippen molar-refractivity contribution in [2.75, 3.05) is 70.4 Å². The van der Waals surface area contributed by atoms with Crippen LogP contribution in [0.3, 0.4) is 0 Å². The first-order chi connectivity index (χ1) is 21.0. The maximum Gasteiger partial charge on any atom is 0.255 e. The van der Waals surface area contributed by atoms with Crippen LogP contribution in [0.4, 0.5) is 20.2 Å². The summed E-state index contributed by atoms with van der Waals surface area (Å²) in [5, 5.41) is 4.12. The van der Waals surface area contributed by atoms with E-state index in [0.29, 0.717) is 48.0 Å². The number of nitrogens with one attached hydrogen (secondary N) is 1. The van der Waals surface area contributed by atoms with Crippen molar-refractivity contribution < 1.29 is 18.3 Å². The van der Waals surface area contributed by atoms with Crippen LogP contribution in [-0.4, -0.2) is 87.7 Å². The first kappa shape index (κ1) is 34.2. The number of nitrogens with zero attached hydrogens (tertiary/aromatic N) is 5. The number of pyridine rings is 1. The molecule has 2 heterocycles. The van der Waals surface area contributed by atoms with Crippen molar-refractivity contribution in [2.24, 2.45) is 11.6 Å². The molecule has 0 saturated carbocycles. The Kier molecular flexibility index (Phi) is 12.9. The Morgan fingerprint density at radius 1 is 1.16 bits per heavy atom. The van der Waals surface area contributed by atoms with Gasteiger partial charge in [-0.3, -0.25) is 14.8 Å². The highest BCUT2D eigenvalue weighted by Crippen LogP contribution is 2.23. The first-order valence-electron chi connectivity index (χ1n) is 14.4. The average Bonchev–Trinajstić information content (AvgIpc) is 3.01. The Balaban J connectivity index is 1.82. The van der Waals surface area contributed by atoms with Crippen LogP contribution in [0.25, 0.3) is 5.70 Å². The molecule has 2 aromatic rings. The Morgan fingerprint density at radius 3 is 2.55 bits per heavy atom. The van der Waals surface area contributed by atoms with Gasteiger partial charge in [0.05, 0.1) is 36.5 Å². The number of allylic oxidation sites excluding steroid dienone is 3. The quantitative estimate of drug-likeness (QED) is 0.167. The zero-order valence-corrected chi connectivity index (χ0v) is 26.0. The number of benzene rings is 1. The number of rotatable bonds is 14. The molecule has 0 spiro atoms. The second-order valence-electron chi connectivity index (χ2n) is 10.8. The Morgan fingerprint density at radius 2 is 1.89 bits per heavy atom. The van der Waals surface area contributed by atoms with Crippen LogP contribution in [-0.2, 0) is 4.74 Å². The Labute approximate surface area is 258 Å². The molecule has 10 nitrogen and oxygen atoms in total. The largest absolute Gasteiger partial charge is 0.397 e. The van der Waals surface area contributed by atoms with E-state index in [9.17, 15) is 13.6 Å². The zero-order valence-electron chi connectivity index (χ0n) is 26.0. The van der Waals surface area contributed by atoms with E-state index in [1.807, 2.05) is 43.9 Å². The minimum atomic E-state index is -2.56. The predicted molar refractivity (Wildman–Crippen MR) is 173 cm³/mol. The summed E-state index contributed by atoms with van der Waals surface area (Å²) in [4.78, 5) is 23.8. The van der Waals surface area contributed by atoms with Gasteiger partial charge in [-0.05, 0) is 56.9 Å². The van der Waals surface area contributed by atoms with Crippen LogP contribution in [0.1, 0.15) is 27.9 Å². The maximum absolute atomic E-state index is 13.3. The molecule has 1 aliphatic heterocycles. The third-order valence-electron chi connectivity index (χ3n) is 7.07. The number of aryl methyl sites for hydroxylation is 1. The van der Waals surface area contributed by atoms with E-state index in [4.69, 9.17) is 16.3 Å².